The molecule has 6 heteroatoms. The van der Waals surface area contributed by atoms with Crippen LogP contribution in [0.3, 0.4) is 0 Å². The Balaban J connectivity index is 2.15. The van der Waals surface area contributed by atoms with E-state index in [-0.39, 0.29) is 6.04 Å². The maximum Gasteiger partial charge on any atom is 0.145 e. The Hall–Kier alpha value is -1.69. The molecule has 0 saturated heterocycles. The van der Waals surface area contributed by atoms with Gasteiger partial charge in [-0.1, -0.05) is 6.92 Å². The molecular formula is C9H14N6. The Morgan fingerprint density at radius 1 is 1.60 bits per heavy atom. The molecule has 1 unspecified atom stereocenters. The molecule has 0 radical (unpaired) electrons. The molecule has 2 aromatic heterocycles. The number of aromatic nitrogens is 5. The van der Waals surface area contributed by atoms with Gasteiger partial charge in [-0.05, 0) is 6.42 Å². The largest absolute Gasteiger partial charge is 0.318 e. The molecule has 3 N–H and O–H groups in total. The standard InChI is InChI=1S/C9H14N6/c1-2-3-15-5-7(4-13-15)8(10)9-11-6-12-14-9/h4-6,8H,2-3,10H2,1H3,(H,11,12,14). The zero-order chi connectivity index (χ0) is 10.7. The van der Waals surface area contributed by atoms with Gasteiger partial charge < -0.3 is 5.73 Å². The number of nitrogens with two attached hydrogens (primary N) is 1. The van der Waals surface area contributed by atoms with Gasteiger partial charge in [-0.2, -0.15) is 10.2 Å². The van der Waals surface area contributed by atoms with Crippen molar-refractivity contribution >= 4 is 0 Å². The predicted octanol–water partition coefficient (Wildman–Crippen LogP) is 0.459. The van der Waals surface area contributed by atoms with Crippen LogP contribution in [0.5, 0.6) is 0 Å². The molecule has 0 aliphatic carbocycles. The van der Waals surface area contributed by atoms with E-state index in [0.29, 0.717) is 5.82 Å². The Bertz CT molecular complexity index is 404. The van der Waals surface area contributed by atoms with Crippen molar-refractivity contribution in [3.8, 4) is 0 Å². The van der Waals surface area contributed by atoms with Gasteiger partial charge in [0, 0.05) is 18.3 Å². The summed E-state index contributed by atoms with van der Waals surface area (Å²) in [6, 6.07) is -0.280. The Kier molecular flexibility index (Phi) is 2.77. The molecule has 2 heterocycles. The minimum Gasteiger partial charge on any atom is -0.318 e. The first-order valence-corrected chi connectivity index (χ1v) is 4.94. The van der Waals surface area contributed by atoms with Crippen molar-refractivity contribution in [2.75, 3.05) is 0 Å². The Labute approximate surface area is 87.5 Å². The number of nitrogens with zero attached hydrogens (tertiary/aromatic N) is 4. The fourth-order valence-corrected chi connectivity index (χ4v) is 1.41. The molecule has 2 aromatic rings. The first kappa shape index (κ1) is 9.85. The summed E-state index contributed by atoms with van der Waals surface area (Å²) in [7, 11) is 0. The van der Waals surface area contributed by atoms with Crippen molar-refractivity contribution < 1.29 is 0 Å². The summed E-state index contributed by atoms with van der Waals surface area (Å²) in [6.45, 7) is 3.01. The van der Waals surface area contributed by atoms with Crippen LogP contribution in [0.25, 0.3) is 0 Å². The van der Waals surface area contributed by atoms with E-state index in [2.05, 4.69) is 27.2 Å². The van der Waals surface area contributed by atoms with E-state index in [0.717, 1.165) is 18.5 Å². The molecule has 0 bridgehead atoms. The number of hydrogen-bond acceptors (Lipinski definition) is 4. The molecule has 0 aliphatic heterocycles. The predicted molar refractivity (Wildman–Crippen MR) is 54.9 cm³/mol. The van der Waals surface area contributed by atoms with Crippen LogP contribution in [0, 0.1) is 0 Å². The van der Waals surface area contributed by atoms with Gasteiger partial charge in [-0.25, -0.2) is 4.98 Å². The van der Waals surface area contributed by atoms with E-state index < -0.39 is 0 Å². The maximum absolute atomic E-state index is 5.98. The lowest BCUT2D eigenvalue weighted by Crippen LogP contribution is -2.13. The topological polar surface area (TPSA) is 85.4 Å². The van der Waals surface area contributed by atoms with Crippen LogP contribution in [-0.2, 0) is 6.54 Å². The van der Waals surface area contributed by atoms with Crippen LogP contribution in [0.1, 0.15) is 30.8 Å². The highest BCUT2D eigenvalue weighted by atomic mass is 15.3. The average molecular weight is 206 g/mol. The molecule has 1 atom stereocenters. The van der Waals surface area contributed by atoms with Crippen molar-refractivity contribution in [3.05, 3.63) is 30.1 Å². The van der Waals surface area contributed by atoms with Crippen molar-refractivity contribution in [2.24, 2.45) is 5.73 Å². The van der Waals surface area contributed by atoms with Crippen molar-refractivity contribution in [1.29, 1.82) is 0 Å². The van der Waals surface area contributed by atoms with Crippen LogP contribution in [0.2, 0.25) is 0 Å². The first-order chi connectivity index (χ1) is 7.31. The number of H-pyrrole nitrogens is 1. The van der Waals surface area contributed by atoms with Crippen LogP contribution >= 0.6 is 0 Å². The van der Waals surface area contributed by atoms with Gasteiger partial charge in [-0.15, -0.1) is 0 Å². The Morgan fingerprint density at radius 2 is 2.47 bits per heavy atom. The van der Waals surface area contributed by atoms with Gasteiger partial charge in [0.25, 0.3) is 0 Å². The highest BCUT2D eigenvalue weighted by Gasteiger charge is 2.13. The second kappa shape index (κ2) is 4.22. The van der Waals surface area contributed by atoms with Crippen molar-refractivity contribution in [2.45, 2.75) is 25.9 Å². The monoisotopic (exact) mass is 206 g/mol. The van der Waals surface area contributed by atoms with E-state index in [9.17, 15) is 0 Å². The molecule has 0 aromatic carbocycles. The van der Waals surface area contributed by atoms with Gasteiger partial charge in [-0.3, -0.25) is 9.78 Å². The fraction of sp³-hybridized carbons (Fsp3) is 0.444. The minimum absolute atomic E-state index is 0.280. The number of rotatable bonds is 4. The van der Waals surface area contributed by atoms with E-state index in [1.54, 1.807) is 6.20 Å². The lowest BCUT2D eigenvalue weighted by molar-refractivity contribution is 0.601. The van der Waals surface area contributed by atoms with Crippen LogP contribution < -0.4 is 5.73 Å². The third-order valence-corrected chi connectivity index (χ3v) is 2.19. The molecule has 0 amide bonds. The van der Waals surface area contributed by atoms with Gasteiger partial charge >= 0.3 is 0 Å². The number of aromatic amines is 1. The van der Waals surface area contributed by atoms with Crippen molar-refractivity contribution in [1.82, 2.24) is 25.0 Å². The average Bonchev–Trinajstić information content (AvgIpc) is 2.87. The number of aryl methyl sites for hydroxylation is 1. The number of hydrogen-bond donors (Lipinski definition) is 2. The molecule has 0 saturated carbocycles. The second-order valence-electron chi connectivity index (χ2n) is 3.39. The lowest BCUT2D eigenvalue weighted by atomic mass is 10.2. The van der Waals surface area contributed by atoms with Crippen LogP contribution in [0.4, 0.5) is 0 Å². The normalized spacial score (nSPS) is 12.9. The molecule has 2 rings (SSSR count). The summed E-state index contributed by atoms with van der Waals surface area (Å²) in [5.74, 6) is 0.658. The zero-order valence-corrected chi connectivity index (χ0v) is 8.59. The highest BCUT2D eigenvalue weighted by Crippen LogP contribution is 2.14. The molecule has 0 fully saturated rings. The fourth-order valence-electron chi connectivity index (χ4n) is 1.41. The quantitative estimate of drug-likeness (QED) is 0.761. The van der Waals surface area contributed by atoms with E-state index in [4.69, 9.17) is 5.73 Å². The third kappa shape index (κ3) is 2.04. The van der Waals surface area contributed by atoms with E-state index in [1.165, 1.54) is 6.33 Å². The summed E-state index contributed by atoms with van der Waals surface area (Å²) >= 11 is 0. The molecule has 6 nitrogen and oxygen atoms in total. The molecular weight excluding hydrogens is 192 g/mol. The number of nitrogens with one attached hydrogen (secondary N) is 1. The SMILES string of the molecule is CCCn1cc(C(N)c2ncn[nH]2)cn1. The summed E-state index contributed by atoms with van der Waals surface area (Å²) < 4.78 is 1.88. The molecule has 80 valence electrons. The first-order valence-electron chi connectivity index (χ1n) is 4.94. The van der Waals surface area contributed by atoms with Crippen LogP contribution in [0.15, 0.2) is 18.7 Å². The second-order valence-corrected chi connectivity index (χ2v) is 3.39. The van der Waals surface area contributed by atoms with E-state index in [1.807, 2.05) is 10.9 Å². The van der Waals surface area contributed by atoms with Gasteiger partial charge in [0.1, 0.15) is 12.2 Å². The van der Waals surface area contributed by atoms with Gasteiger partial charge in [0.2, 0.25) is 0 Å². The summed E-state index contributed by atoms with van der Waals surface area (Å²) in [4.78, 5) is 4.02. The summed E-state index contributed by atoms with van der Waals surface area (Å²) in [5.41, 5.74) is 6.93. The molecule has 15 heavy (non-hydrogen) atoms. The minimum atomic E-state index is -0.280. The van der Waals surface area contributed by atoms with E-state index >= 15 is 0 Å². The zero-order valence-electron chi connectivity index (χ0n) is 8.59. The van der Waals surface area contributed by atoms with Crippen LogP contribution in [-0.4, -0.2) is 25.0 Å². The smallest absolute Gasteiger partial charge is 0.145 e. The molecule has 0 aliphatic rings. The van der Waals surface area contributed by atoms with Crippen molar-refractivity contribution in [3.63, 3.8) is 0 Å². The molecule has 0 spiro atoms. The summed E-state index contributed by atoms with van der Waals surface area (Å²) in [5, 5.41) is 10.7. The van der Waals surface area contributed by atoms with Gasteiger partial charge in [0.05, 0.1) is 12.2 Å². The van der Waals surface area contributed by atoms with Gasteiger partial charge in [0.15, 0.2) is 0 Å². The highest BCUT2D eigenvalue weighted by molar-refractivity contribution is 5.17. The lowest BCUT2D eigenvalue weighted by Gasteiger charge is -2.03. The maximum atomic E-state index is 5.98. The summed E-state index contributed by atoms with van der Waals surface area (Å²) in [6.07, 6.45) is 6.21. The third-order valence-electron chi connectivity index (χ3n) is 2.19. The Morgan fingerprint density at radius 3 is 3.13 bits per heavy atom.